The predicted octanol–water partition coefficient (Wildman–Crippen LogP) is 6.54. The van der Waals surface area contributed by atoms with Crippen LogP contribution in [0.5, 0.6) is 5.75 Å². The maximum Gasteiger partial charge on any atom is 0.131 e. The summed E-state index contributed by atoms with van der Waals surface area (Å²) in [7, 11) is 0. The molecule has 2 nitrogen and oxygen atoms in total. The molecule has 0 radical (unpaired) electrons. The highest BCUT2D eigenvalue weighted by atomic mass is 79.9. The van der Waals surface area contributed by atoms with Crippen molar-refractivity contribution in [2.75, 3.05) is 0 Å². The van der Waals surface area contributed by atoms with Crippen molar-refractivity contribution in [2.45, 2.75) is 13.5 Å². The van der Waals surface area contributed by atoms with E-state index in [2.05, 4.69) is 22.0 Å². The van der Waals surface area contributed by atoms with E-state index in [1.54, 1.807) is 24.3 Å². The molecule has 0 fully saturated rings. The molecule has 0 N–H and O–H groups in total. The second-order valence-corrected chi connectivity index (χ2v) is 7.02. The Bertz CT molecular complexity index is 1020. The molecule has 0 unspecified atom stereocenters. The van der Waals surface area contributed by atoms with Crippen LogP contribution in [0.15, 0.2) is 71.2 Å². The van der Waals surface area contributed by atoms with Gasteiger partial charge in [0.25, 0.3) is 0 Å². The maximum absolute atomic E-state index is 14.1. The van der Waals surface area contributed by atoms with Crippen molar-refractivity contribution in [3.63, 3.8) is 0 Å². The third kappa shape index (κ3) is 4.84. The van der Waals surface area contributed by atoms with Crippen LogP contribution in [-0.4, -0.2) is 0 Å². The normalized spacial score (nSPS) is 11.1. The summed E-state index contributed by atoms with van der Waals surface area (Å²) in [5, 5.41) is 9.52. The summed E-state index contributed by atoms with van der Waals surface area (Å²) in [5.74, 6) is 0.199. The molecule has 3 aromatic rings. The zero-order valence-electron chi connectivity index (χ0n) is 14.7. The molecule has 0 saturated heterocycles. The second kappa shape index (κ2) is 8.66. The second-order valence-electron chi connectivity index (χ2n) is 6.11. The quantitative estimate of drug-likeness (QED) is 0.346. The van der Waals surface area contributed by atoms with Crippen LogP contribution in [0.4, 0.5) is 4.39 Å². The Balaban J connectivity index is 1.92. The molecule has 0 heterocycles. The number of nitrogens with zero attached hydrogens (tertiary/aromatic N) is 1. The Kier molecular flexibility index (Phi) is 6.05. The highest BCUT2D eigenvalue weighted by molar-refractivity contribution is 9.10. The van der Waals surface area contributed by atoms with Gasteiger partial charge in [0.1, 0.15) is 18.2 Å². The van der Waals surface area contributed by atoms with Gasteiger partial charge < -0.3 is 4.74 Å². The van der Waals surface area contributed by atoms with Crippen molar-refractivity contribution in [3.8, 4) is 11.8 Å². The lowest BCUT2D eigenvalue weighted by Crippen LogP contribution is -1.97. The lowest BCUT2D eigenvalue weighted by Gasteiger charge is -2.11. The molecule has 27 heavy (non-hydrogen) atoms. The van der Waals surface area contributed by atoms with Crippen LogP contribution in [0.25, 0.3) is 11.6 Å². The van der Waals surface area contributed by atoms with Gasteiger partial charge in [0.15, 0.2) is 0 Å². The molecule has 3 aromatic carbocycles. The summed E-state index contributed by atoms with van der Waals surface area (Å²) in [6.45, 7) is 2.44. The summed E-state index contributed by atoms with van der Waals surface area (Å²) in [6, 6.07) is 22.0. The fourth-order valence-electron chi connectivity index (χ4n) is 2.61. The van der Waals surface area contributed by atoms with Crippen LogP contribution in [-0.2, 0) is 6.61 Å². The van der Waals surface area contributed by atoms with Gasteiger partial charge in [0.2, 0.25) is 0 Å². The van der Waals surface area contributed by atoms with Gasteiger partial charge in [-0.1, -0.05) is 64.0 Å². The van der Waals surface area contributed by atoms with Gasteiger partial charge in [0, 0.05) is 15.6 Å². The molecule has 0 aliphatic heterocycles. The fraction of sp³-hybridized carbons (Fsp3) is 0.0870. The van der Waals surface area contributed by atoms with Crippen molar-refractivity contribution in [3.05, 3.63) is 99.3 Å². The number of aryl methyl sites for hydroxylation is 1. The number of hydrogen-bond donors (Lipinski definition) is 0. The topological polar surface area (TPSA) is 33.0 Å². The number of halogens is 2. The molecule has 0 atom stereocenters. The van der Waals surface area contributed by atoms with Crippen molar-refractivity contribution >= 4 is 27.6 Å². The fourth-order valence-corrected chi connectivity index (χ4v) is 2.99. The molecule has 3 rings (SSSR count). The summed E-state index contributed by atoms with van der Waals surface area (Å²) in [6.07, 6.45) is 1.65. The van der Waals surface area contributed by atoms with E-state index in [4.69, 9.17) is 4.74 Å². The van der Waals surface area contributed by atoms with E-state index in [9.17, 15) is 9.65 Å². The third-order valence-electron chi connectivity index (χ3n) is 4.07. The van der Waals surface area contributed by atoms with E-state index in [1.165, 1.54) is 11.6 Å². The van der Waals surface area contributed by atoms with E-state index in [-0.39, 0.29) is 11.1 Å². The van der Waals surface area contributed by atoms with E-state index in [1.807, 2.05) is 49.4 Å². The summed E-state index contributed by atoms with van der Waals surface area (Å²) in [4.78, 5) is 0. The van der Waals surface area contributed by atoms with Gasteiger partial charge in [-0.3, -0.25) is 0 Å². The summed E-state index contributed by atoms with van der Waals surface area (Å²) in [5.41, 5.74) is 3.45. The van der Waals surface area contributed by atoms with Crippen molar-refractivity contribution in [2.24, 2.45) is 0 Å². The molecular weight excluding hydrogens is 405 g/mol. The Morgan fingerprint density at radius 3 is 2.56 bits per heavy atom. The molecule has 0 spiro atoms. The SMILES string of the molecule is Cc1ccc(COc2ccc(Br)cc2C=C(C#N)c2ccccc2F)cc1. The van der Waals surface area contributed by atoms with Crippen LogP contribution in [0, 0.1) is 24.1 Å². The minimum Gasteiger partial charge on any atom is -0.488 e. The largest absolute Gasteiger partial charge is 0.488 e. The monoisotopic (exact) mass is 421 g/mol. The van der Waals surface area contributed by atoms with Crippen molar-refractivity contribution < 1.29 is 9.13 Å². The molecule has 0 aliphatic carbocycles. The van der Waals surface area contributed by atoms with Crippen LogP contribution < -0.4 is 4.74 Å². The molecule has 0 bridgehead atoms. The lowest BCUT2D eigenvalue weighted by atomic mass is 10.0. The van der Waals surface area contributed by atoms with E-state index in [0.717, 1.165) is 10.0 Å². The smallest absolute Gasteiger partial charge is 0.131 e. The average molecular weight is 422 g/mol. The van der Waals surface area contributed by atoms with Gasteiger partial charge >= 0.3 is 0 Å². The van der Waals surface area contributed by atoms with Crippen LogP contribution in [0.3, 0.4) is 0 Å². The minimum atomic E-state index is -0.428. The summed E-state index contributed by atoms with van der Waals surface area (Å²) < 4.78 is 20.9. The molecule has 0 aliphatic rings. The predicted molar refractivity (Wildman–Crippen MR) is 110 cm³/mol. The lowest BCUT2D eigenvalue weighted by molar-refractivity contribution is 0.305. The van der Waals surface area contributed by atoms with Gasteiger partial charge in [-0.25, -0.2) is 4.39 Å². The Labute approximate surface area is 166 Å². The van der Waals surface area contributed by atoms with E-state index in [0.29, 0.717) is 17.9 Å². The first-order chi connectivity index (χ1) is 13.1. The molecule has 0 saturated carbocycles. The highest BCUT2D eigenvalue weighted by Gasteiger charge is 2.10. The molecule has 0 aromatic heterocycles. The first kappa shape index (κ1) is 18.9. The Morgan fingerprint density at radius 2 is 1.85 bits per heavy atom. The standard InChI is InChI=1S/C23H17BrFNO/c1-16-6-8-17(9-7-16)15-27-23-11-10-20(24)13-18(23)12-19(14-26)21-4-2-3-5-22(21)25/h2-13H,15H2,1H3. The first-order valence-corrected chi connectivity index (χ1v) is 9.21. The van der Waals surface area contributed by atoms with Gasteiger partial charge in [0.05, 0.1) is 11.6 Å². The minimum absolute atomic E-state index is 0.242. The summed E-state index contributed by atoms with van der Waals surface area (Å²) >= 11 is 3.44. The molecular formula is C23H17BrFNO. The number of ether oxygens (including phenoxy) is 1. The third-order valence-corrected chi connectivity index (χ3v) is 4.56. The molecule has 4 heteroatoms. The zero-order valence-corrected chi connectivity index (χ0v) is 16.3. The van der Waals surface area contributed by atoms with Gasteiger partial charge in [-0.05, 0) is 42.8 Å². The first-order valence-electron chi connectivity index (χ1n) is 8.41. The van der Waals surface area contributed by atoms with Crippen LogP contribution >= 0.6 is 15.9 Å². The molecule has 0 amide bonds. The zero-order chi connectivity index (χ0) is 19.2. The Hall–Kier alpha value is -2.90. The number of allylic oxidation sites excluding steroid dienone is 1. The molecule has 134 valence electrons. The highest BCUT2D eigenvalue weighted by Crippen LogP contribution is 2.29. The number of nitriles is 1. The number of hydrogen-bond acceptors (Lipinski definition) is 2. The van der Waals surface area contributed by atoms with E-state index < -0.39 is 5.82 Å². The number of benzene rings is 3. The van der Waals surface area contributed by atoms with Crippen molar-refractivity contribution in [1.29, 1.82) is 5.26 Å². The van der Waals surface area contributed by atoms with E-state index >= 15 is 0 Å². The van der Waals surface area contributed by atoms with Crippen LogP contribution in [0.2, 0.25) is 0 Å². The van der Waals surface area contributed by atoms with Gasteiger partial charge in [-0.2, -0.15) is 5.26 Å². The maximum atomic E-state index is 14.1. The van der Waals surface area contributed by atoms with Crippen LogP contribution in [0.1, 0.15) is 22.3 Å². The van der Waals surface area contributed by atoms with Crippen molar-refractivity contribution in [1.82, 2.24) is 0 Å². The number of rotatable bonds is 5. The Morgan fingerprint density at radius 1 is 1.11 bits per heavy atom. The average Bonchev–Trinajstić information content (AvgIpc) is 2.67. The van der Waals surface area contributed by atoms with Gasteiger partial charge in [-0.15, -0.1) is 0 Å².